The normalized spacial score (nSPS) is 18.8. The highest BCUT2D eigenvalue weighted by Gasteiger charge is 2.29. The standard InChI is InChI=1S/C14H21NO2S/c1-4-17-14(16)12-10-6-5-9(8(2)3)7-11(10)18-13(12)15/h8-9H,4-7,15H2,1-3H3. The monoisotopic (exact) mass is 267 g/mol. The fourth-order valence-corrected chi connectivity index (χ4v) is 3.83. The summed E-state index contributed by atoms with van der Waals surface area (Å²) in [6, 6.07) is 0. The maximum Gasteiger partial charge on any atom is 0.341 e. The number of fused-ring (bicyclic) bond motifs is 1. The molecular weight excluding hydrogens is 246 g/mol. The highest BCUT2D eigenvalue weighted by molar-refractivity contribution is 7.16. The van der Waals surface area contributed by atoms with E-state index in [1.165, 1.54) is 4.88 Å². The molecule has 0 saturated carbocycles. The van der Waals surface area contributed by atoms with Gasteiger partial charge in [-0.05, 0) is 43.6 Å². The summed E-state index contributed by atoms with van der Waals surface area (Å²) in [6.45, 7) is 6.75. The third kappa shape index (κ3) is 2.39. The summed E-state index contributed by atoms with van der Waals surface area (Å²) in [5.41, 5.74) is 7.78. The van der Waals surface area contributed by atoms with E-state index in [9.17, 15) is 4.79 Å². The van der Waals surface area contributed by atoms with E-state index in [1.807, 2.05) is 6.92 Å². The van der Waals surface area contributed by atoms with Crippen molar-refractivity contribution < 1.29 is 9.53 Å². The number of carbonyl (C=O) groups is 1. The Labute approximate surface area is 112 Å². The Kier molecular flexibility index (Phi) is 3.95. The minimum Gasteiger partial charge on any atom is -0.462 e. The number of hydrogen-bond acceptors (Lipinski definition) is 4. The van der Waals surface area contributed by atoms with Gasteiger partial charge in [-0.1, -0.05) is 13.8 Å². The van der Waals surface area contributed by atoms with Crippen molar-refractivity contribution in [1.82, 2.24) is 0 Å². The summed E-state index contributed by atoms with van der Waals surface area (Å²) in [6.07, 6.45) is 3.16. The minimum absolute atomic E-state index is 0.254. The number of anilines is 1. The first-order valence-electron chi connectivity index (χ1n) is 6.61. The molecule has 0 amide bonds. The third-order valence-corrected chi connectivity index (χ3v) is 4.84. The quantitative estimate of drug-likeness (QED) is 0.855. The molecule has 1 atom stereocenters. The van der Waals surface area contributed by atoms with Crippen LogP contribution in [0.5, 0.6) is 0 Å². The molecule has 4 heteroatoms. The van der Waals surface area contributed by atoms with Crippen molar-refractivity contribution in [2.45, 2.75) is 40.0 Å². The topological polar surface area (TPSA) is 52.3 Å². The molecule has 100 valence electrons. The summed E-state index contributed by atoms with van der Waals surface area (Å²) < 4.78 is 5.10. The lowest BCUT2D eigenvalue weighted by Crippen LogP contribution is -2.19. The Morgan fingerprint density at radius 2 is 2.28 bits per heavy atom. The smallest absolute Gasteiger partial charge is 0.341 e. The number of rotatable bonds is 3. The second-order valence-electron chi connectivity index (χ2n) is 5.21. The molecule has 1 aliphatic rings. The van der Waals surface area contributed by atoms with E-state index < -0.39 is 0 Å². The van der Waals surface area contributed by atoms with Crippen LogP contribution in [0.15, 0.2) is 0 Å². The van der Waals surface area contributed by atoms with Crippen molar-refractivity contribution in [2.24, 2.45) is 11.8 Å². The molecule has 3 nitrogen and oxygen atoms in total. The molecule has 0 spiro atoms. The van der Waals surface area contributed by atoms with Crippen LogP contribution < -0.4 is 5.73 Å². The maximum absolute atomic E-state index is 11.9. The molecular formula is C14H21NO2S. The zero-order valence-corrected chi connectivity index (χ0v) is 12.1. The SMILES string of the molecule is CCOC(=O)c1c(N)sc2c1CCC(C(C)C)C2. The molecule has 0 saturated heterocycles. The van der Waals surface area contributed by atoms with Crippen LogP contribution in [0.2, 0.25) is 0 Å². The zero-order valence-electron chi connectivity index (χ0n) is 11.3. The predicted octanol–water partition coefficient (Wildman–Crippen LogP) is 3.27. The Bertz CT molecular complexity index is 451. The summed E-state index contributed by atoms with van der Waals surface area (Å²) >= 11 is 1.57. The summed E-state index contributed by atoms with van der Waals surface area (Å²) in [5.74, 6) is 1.15. The van der Waals surface area contributed by atoms with Crippen molar-refractivity contribution in [3.05, 3.63) is 16.0 Å². The van der Waals surface area contributed by atoms with Gasteiger partial charge < -0.3 is 10.5 Å². The van der Waals surface area contributed by atoms with Gasteiger partial charge in [0, 0.05) is 4.88 Å². The fraction of sp³-hybridized carbons (Fsp3) is 0.643. The molecule has 0 bridgehead atoms. The first-order valence-corrected chi connectivity index (χ1v) is 7.43. The van der Waals surface area contributed by atoms with Gasteiger partial charge >= 0.3 is 5.97 Å². The fourth-order valence-electron chi connectivity index (χ4n) is 2.63. The highest BCUT2D eigenvalue weighted by Crippen LogP contribution is 2.40. The number of carbonyl (C=O) groups excluding carboxylic acids is 1. The second-order valence-corrected chi connectivity index (χ2v) is 6.35. The van der Waals surface area contributed by atoms with Gasteiger partial charge in [-0.25, -0.2) is 4.79 Å². The van der Waals surface area contributed by atoms with E-state index in [-0.39, 0.29) is 5.97 Å². The largest absolute Gasteiger partial charge is 0.462 e. The molecule has 0 aromatic carbocycles. The van der Waals surface area contributed by atoms with Gasteiger partial charge in [0.15, 0.2) is 0 Å². The van der Waals surface area contributed by atoms with Crippen molar-refractivity contribution >= 4 is 22.3 Å². The van der Waals surface area contributed by atoms with E-state index in [4.69, 9.17) is 10.5 Å². The predicted molar refractivity (Wildman–Crippen MR) is 75.0 cm³/mol. The Morgan fingerprint density at radius 1 is 1.56 bits per heavy atom. The minimum atomic E-state index is -0.254. The molecule has 1 unspecified atom stereocenters. The summed E-state index contributed by atoms with van der Waals surface area (Å²) in [7, 11) is 0. The zero-order chi connectivity index (χ0) is 13.3. The van der Waals surface area contributed by atoms with Crippen LogP contribution in [0, 0.1) is 11.8 Å². The summed E-state index contributed by atoms with van der Waals surface area (Å²) in [4.78, 5) is 13.2. The van der Waals surface area contributed by atoms with Crippen LogP contribution in [-0.2, 0) is 17.6 Å². The van der Waals surface area contributed by atoms with E-state index >= 15 is 0 Å². The molecule has 1 aromatic rings. The van der Waals surface area contributed by atoms with Crippen molar-refractivity contribution in [3.63, 3.8) is 0 Å². The second kappa shape index (κ2) is 5.31. The molecule has 2 N–H and O–H groups in total. The van der Waals surface area contributed by atoms with Crippen LogP contribution in [0.3, 0.4) is 0 Å². The molecule has 0 radical (unpaired) electrons. The average molecular weight is 267 g/mol. The number of thiophene rings is 1. The van der Waals surface area contributed by atoms with Crippen molar-refractivity contribution in [2.75, 3.05) is 12.3 Å². The van der Waals surface area contributed by atoms with Gasteiger partial charge in [-0.2, -0.15) is 0 Å². The molecule has 1 heterocycles. The molecule has 18 heavy (non-hydrogen) atoms. The lowest BCUT2D eigenvalue weighted by molar-refractivity contribution is 0.0526. The van der Waals surface area contributed by atoms with Gasteiger partial charge in [0.25, 0.3) is 0 Å². The first-order chi connectivity index (χ1) is 8.54. The molecule has 0 aliphatic heterocycles. The van der Waals surface area contributed by atoms with Gasteiger partial charge in [0.05, 0.1) is 12.2 Å². The Balaban J connectivity index is 2.29. The van der Waals surface area contributed by atoms with E-state index in [0.717, 1.165) is 24.8 Å². The molecule has 1 aromatic heterocycles. The molecule has 2 rings (SSSR count). The van der Waals surface area contributed by atoms with Gasteiger partial charge in [0.2, 0.25) is 0 Å². The number of ether oxygens (including phenoxy) is 1. The van der Waals surface area contributed by atoms with Gasteiger partial charge in [-0.15, -0.1) is 11.3 Å². The van der Waals surface area contributed by atoms with Crippen LogP contribution >= 0.6 is 11.3 Å². The van der Waals surface area contributed by atoms with E-state index in [0.29, 0.717) is 29.0 Å². The van der Waals surface area contributed by atoms with Crippen LogP contribution in [0.4, 0.5) is 5.00 Å². The van der Waals surface area contributed by atoms with Gasteiger partial charge in [0.1, 0.15) is 5.00 Å². The van der Waals surface area contributed by atoms with Crippen LogP contribution in [0.1, 0.15) is 48.0 Å². The van der Waals surface area contributed by atoms with Gasteiger partial charge in [-0.3, -0.25) is 0 Å². The Morgan fingerprint density at radius 3 is 2.89 bits per heavy atom. The lowest BCUT2D eigenvalue weighted by Gasteiger charge is -2.25. The van der Waals surface area contributed by atoms with E-state index in [1.54, 1.807) is 11.3 Å². The first kappa shape index (κ1) is 13.4. The number of nitrogen functional groups attached to an aromatic ring is 1. The summed E-state index contributed by atoms with van der Waals surface area (Å²) in [5, 5.41) is 0.628. The maximum atomic E-state index is 11.9. The lowest BCUT2D eigenvalue weighted by atomic mass is 9.81. The number of esters is 1. The highest BCUT2D eigenvalue weighted by atomic mass is 32.1. The molecule has 1 aliphatic carbocycles. The van der Waals surface area contributed by atoms with Crippen molar-refractivity contribution in [3.8, 4) is 0 Å². The number of hydrogen-bond donors (Lipinski definition) is 1. The van der Waals surface area contributed by atoms with Crippen LogP contribution in [0.25, 0.3) is 0 Å². The average Bonchev–Trinajstić information content (AvgIpc) is 2.63. The number of nitrogens with two attached hydrogens (primary N) is 1. The third-order valence-electron chi connectivity index (χ3n) is 3.75. The van der Waals surface area contributed by atoms with E-state index in [2.05, 4.69) is 13.8 Å². The van der Waals surface area contributed by atoms with Crippen LogP contribution in [-0.4, -0.2) is 12.6 Å². The molecule has 0 fully saturated rings. The van der Waals surface area contributed by atoms with Crippen molar-refractivity contribution in [1.29, 1.82) is 0 Å². The Hall–Kier alpha value is -1.03.